The van der Waals surface area contributed by atoms with Crippen molar-refractivity contribution in [1.29, 1.82) is 0 Å². The fourth-order valence-electron chi connectivity index (χ4n) is 2.69. The van der Waals surface area contributed by atoms with Gasteiger partial charge in [-0.15, -0.1) is 0 Å². The SMILES string of the molecule is O=C(CNc1ccccc1)NC1CCN(C2CC2)C1. The van der Waals surface area contributed by atoms with Crippen molar-refractivity contribution in [1.82, 2.24) is 10.2 Å². The largest absolute Gasteiger partial charge is 0.376 e. The zero-order chi connectivity index (χ0) is 13.1. The van der Waals surface area contributed by atoms with E-state index in [1.54, 1.807) is 0 Å². The van der Waals surface area contributed by atoms with E-state index < -0.39 is 0 Å². The highest BCUT2D eigenvalue weighted by atomic mass is 16.2. The van der Waals surface area contributed by atoms with E-state index in [2.05, 4.69) is 15.5 Å². The highest BCUT2D eigenvalue weighted by molar-refractivity contribution is 5.81. The highest BCUT2D eigenvalue weighted by Gasteiger charge is 2.34. The summed E-state index contributed by atoms with van der Waals surface area (Å²) in [4.78, 5) is 14.4. The summed E-state index contributed by atoms with van der Waals surface area (Å²) in [5.41, 5.74) is 0.990. The average molecular weight is 259 g/mol. The van der Waals surface area contributed by atoms with Crippen molar-refractivity contribution in [2.45, 2.75) is 31.3 Å². The number of nitrogens with one attached hydrogen (secondary N) is 2. The zero-order valence-electron chi connectivity index (χ0n) is 11.1. The number of rotatable bonds is 5. The van der Waals surface area contributed by atoms with Crippen molar-refractivity contribution in [3.05, 3.63) is 30.3 Å². The molecule has 1 saturated heterocycles. The van der Waals surface area contributed by atoms with Crippen LogP contribution in [-0.4, -0.2) is 42.5 Å². The Bertz CT molecular complexity index is 430. The molecular formula is C15H21N3O. The lowest BCUT2D eigenvalue weighted by Crippen LogP contribution is -2.40. The minimum atomic E-state index is 0.0894. The molecule has 2 N–H and O–H groups in total. The quantitative estimate of drug-likeness (QED) is 0.841. The Kier molecular flexibility index (Phi) is 3.69. The van der Waals surface area contributed by atoms with Gasteiger partial charge in [0.1, 0.15) is 0 Å². The van der Waals surface area contributed by atoms with E-state index in [0.717, 1.165) is 31.2 Å². The molecule has 1 unspecified atom stereocenters. The van der Waals surface area contributed by atoms with Crippen LogP contribution in [0.2, 0.25) is 0 Å². The number of hydrogen-bond acceptors (Lipinski definition) is 3. The molecule has 102 valence electrons. The van der Waals surface area contributed by atoms with Crippen molar-refractivity contribution in [3.8, 4) is 0 Å². The Morgan fingerprint density at radius 1 is 1.21 bits per heavy atom. The maximum absolute atomic E-state index is 11.9. The first-order valence-electron chi connectivity index (χ1n) is 7.13. The van der Waals surface area contributed by atoms with Crippen LogP contribution in [-0.2, 0) is 4.79 Å². The lowest BCUT2D eigenvalue weighted by molar-refractivity contribution is -0.120. The first kappa shape index (κ1) is 12.5. The highest BCUT2D eigenvalue weighted by Crippen LogP contribution is 2.29. The van der Waals surface area contributed by atoms with Gasteiger partial charge in [0.05, 0.1) is 6.54 Å². The predicted molar refractivity (Wildman–Crippen MR) is 76.1 cm³/mol. The smallest absolute Gasteiger partial charge is 0.239 e. The van der Waals surface area contributed by atoms with E-state index >= 15 is 0 Å². The van der Waals surface area contributed by atoms with Crippen LogP contribution in [0, 0.1) is 0 Å². The van der Waals surface area contributed by atoms with E-state index in [0.29, 0.717) is 12.6 Å². The number of para-hydroxylation sites is 1. The maximum atomic E-state index is 11.9. The molecule has 1 saturated carbocycles. The van der Waals surface area contributed by atoms with Gasteiger partial charge in [-0.3, -0.25) is 9.69 Å². The summed E-state index contributed by atoms with van der Waals surface area (Å²) in [6.07, 6.45) is 3.78. The van der Waals surface area contributed by atoms with Crippen LogP contribution in [0.4, 0.5) is 5.69 Å². The molecule has 0 bridgehead atoms. The minimum absolute atomic E-state index is 0.0894. The average Bonchev–Trinajstić information content (AvgIpc) is 3.19. The molecule has 19 heavy (non-hydrogen) atoms. The molecule has 1 atom stereocenters. The van der Waals surface area contributed by atoms with Crippen LogP contribution < -0.4 is 10.6 Å². The second-order valence-electron chi connectivity index (χ2n) is 5.50. The first-order valence-corrected chi connectivity index (χ1v) is 7.13. The number of hydrogen-bond donors (Lipinski definition) is 2. The lowest BCUT2D eigenvalue weighted by atomic mass is 10.2. The van der Waals surface area contributed by atoms with Gasteiger partial charge in [-0.1, -0.05) is 18.2 Å². The lowest BCUT2D eigenvalue weighted by Gasteiger charge is -2.16. The van der Waals surface area contributed by atoms with Crippen molar-refractivity contribution < 1.29 is 4.79 Å². The van der Waals surface area contributed by atoms with Gasteiger partial charge in [-0.25, -0.2) is 0 Å². The van der Waals surface area contributed by atoms with Gasteiger partial charge in [-0.05, 0) is 31.4 Å². The summed E-state index contributed by atoms with van der Waals surface area (Å²) < 4.78 is 0. The van der Waals surface area contributed by atoms with Crippen molar-refractivity contribution in [2.24, 2.45) is 0 Å². The number of likely N-dealkylation sites (tertiary alicyclic amines) is 1. The molecule has 4 nitrogen and oxygen atoms in total. The van der Waals surface area contributed by atoms with Crippen LogP contribution in [0.15, 0.2) is 30.3 Å². The molecule has 1 aliphatic heterocycles. The summed E-state index contributed by atoms with van der Waals surface area (Å²) in [6, 6.07) is 11.0. The third-order valence-corrected chi connectivity index (χ3v) is 3.87. The van der Waals surface area contributed by atoms with Gasteiger partial charge in [-0.2, -0.15) is 0 Å². The molecular weight excluding hydrogens is 238 g/mol. The van der Waals surface area contributed by atoms with E-state index in [9.17, 15) is 4.79 Å². The van der Waals surface area contributed by atoms with Crippen LogP contribution in [0.3, 0.4) is 0 Å². The molecule has 1 aliphatic carbocycles. The summed E-state index contributed by atoms with van der Waals surface area (Å²) >= 11 is 0. The number of anilines is 1. The molecule has 1 heterocycles. The van der Waals surface area contributed by atoms with Crippen LogP contribution in [0.1, 0.15) is 19.3 Å². The molecule has 0 aromatic heterocycles. The van der Waals surface area contributed by atoms with Crippen LogP contribution >= 0.6 is 0 Å². The van der Waals surface area contributed by atoms with Crippen molar-refractivity contribution in [2.75, 3.05) is 25.0 Å². The van der Waals surface area contributed by atoms with Gasteiger partial charge in [0.2, 0.25) is 5.91 Å². The number of nitrogens with zero attached hydrogens (tertiary/aromatic N) is 1. The standard InChI is InChI=1S/C15H21N3O/c19-15(10-16-12-4-2-1-3-5-12)17-13-8-9-18(11-13)14-6-7-14/h1-5,13-14,16H,6-11H2,(H,17,19). The summed E-state index contributed by atoms with van der Waals surface area (Å²) in [7, 11) is 0. The predicted octanol–water partition coefficient (Wildman–Crippen LogP) is 1.45. The molecule has 3 rings (SSSR count). The zero-order valence-corrected chi connectivity index (χ0v) is 11.1. The summed E-state index contributed by atoms with van der Waals surface area (Å²) in [5, 5.41) is 6.26. The molecule has 0 spiro atoms. The Morgan fingerprint density at radius 3 is 2.74 bits per heavy atom. The summed E-state index contributed by atoms with van der Waals surface area (Å²) in [6.45, 7) is 2.52. The molecule has 1 aromatic carbocycles. The number of carbonyl (C=O) groups excluding carboxylic acids is 1. The second kappa shape index (κ2) is 5.61. The Labute approximate surface area is 114 Å². The van der Waals surface area contributed by atoms with E-state index in [-0.39, 0.29) is 5.91 Å². The number of carbonyl (C=O) groups is 1. The molecule has 1 amide bonds. The van der Waals surface area contributed by atoms with Gasteiger partial charge in [0.15, 0.2) is 0 Å². The number of amides is 1. The van der Waals surface area contributed by atoms with Gasteiger partial charge >= 0.3 is 0 Å². The van der Waals surface area contributed by atoms with Crippen LogP contribution in [0.5, 0.6) is 0 Å². The van der Waals surface area contributed by atoms with Gasteiger partial charge in [0, 0.05) is 30.9 Å². The maximum Gasteiger partial charge on any atom is 0.239 e. The van der Waals surface area contributed by atoms with Crippen molar-refractivity contribution >= 4 is 11.6 Å². The third-order valence-electron chi connectivity index (χ3n) is 3.87. The molecule has 0 radical (unpaired) electrons. The van der Waals surface area contributed by atoms with Crippen molar-refractivity contribution in [3.63, 3.8) is 0 Å². The number of benzene rings is 1. The first-order chi connectivity index (χ1) is 9.31. The van der Waals surface area contributed by atoms with E-state index in [4.69, 9.17) is 0 Å². The Hall–Kier alpha value is -1.55. The molecule has 4 heteroatoms. The minimum Gasteiger partial charge on any atom is -0.376 e. The third kappa shape index (κ3) is 3.47. The molecule has 2 aliphatic rings. The summed E-state index contributed by atoms with van der Waals surface area (Å²) in [5.74, 6) is 0.0894. The van der Waals surface area contributed by atoms with E-state index in [1.165, 1.54) is 12.8 Å². The van der Waals surface area contributed by atoms with Crippen LogP contribution in [0.25, 0.3) is 0 Å². The van der Waals surface area contributed by atoms with Gasteiger partial charge in [0.25, 0.3) is 0 Å². The normalized spacial score (nSPS) is 23.3. The second-order valence-corrected chi connectivity index (χ2v) is 5.50. The Balaban J connectivity index is 1.39. The molecule has 2 fully saturated rings. The Morgan fingerprint density at radius 2 is 2.00 bits per heavy atom. The fourth-order valence-corrected chi connectivity index (χ4v) is 2.69. The topological polar surface area (TPSA) is 44.4 Å². The molecule has 1 aromatic rings. The van der Waals surface area contributed by atoms with Gasteiger partial charge < -0.3 is 10.6 Å². The van der Waals surface area contributed by atoms with E-state index in [1.807, 2.05) is 30.3 Å². The fraction of sp³-hybridized carbons (Fsp3) is 0.533. The monoisotopic (exact) mass is 259 g/mol.